The van der Waals surface area contributed by atoms with Gasteiger partial charge in [0.1, 0.15) is 6.54 Å². The zero-order valence-corrected chi connectivity index (χ0v) is 12.6. The van der Waals surface area contributed by atoms with Crippen molar-refractivity contribution in [2.45, 2.75) is 6.54 Å². The van der Waals surface area contributed by atoms with Gasteiger partial charge in [0.25, 0.3) is 0 Å². The Labute approximate surface area is 131 Å². The Bertz CT molecular complexity index is 660. The standard InChI is InChI=1S/C19H19N2O/c1-22-21(18-10-4-2-5-11-18,19-12-6-3-7-13-19)16-17-9-8-14-20-15-17/h2-15H,16H2,1H3/q+1. The molecule has 0 bridgehead atoms. The van der Waals surface area contributed by atoms with Crippen molar-refractivity contribution in [2.75, 3.05) is 7.11 Å². The van der Waals surface area contributed by atoms with E-state index >= 15 is 0 Å². The van der Waals surface area contributed by atoms with Gasteiger partial charge in [0, 0.05) is 42.2 Å². The molecule has 0 aliphatic rings. The van der Waals surface area contributed by atoms with Crippen molar-refractivity contribution in [3.05, 3.63) is 90.8 Å². The fourth-order valence-corrected chi connectivity index (χ4v) is 2.69. The van der Waals surface area contributed by atoms with Crippen LogP contribution in [0.2, 0.25) is 0 Å². The molecule has 1 aromatic heterocycles. The van der Waals surface area contributed by atoms with Crippen molar-refractivity contribution in [3.8, 4) is 0 Å². The topological polar surface area (TPSA) is 22.1 Å². The molecule has 3 rings (SSSR count). The van der Waals surface area contributed by atoms with Crippen LogP contribution in [-0.2, 0) is 11.4 Å². The largest absolute Gasteiger partial charge is 0.264 e. The summed E-state index contributed by atoms with van der Waals surface area (Å²) in [6.07, 6.45) is 3.67. The van der Waals surface area contributed by atoms with Crippen LogP contribution in [0, 0.1) is 0 Å². The van der Waals surface area contributed by atoms with Crippen LogP contribution in [0.5, 0.6) is 0 Å². The Balaban J connectivity index is 2.13. The van der Waals surface area contributed by atoms with Crippen LogP contribution < -0.4 is 4.65 Å². The lowest BCUT2D eigenvalue weighted by molar-refractivity contribution is -0.0782. The Morgan fingerprint density at radius 3 is 1.86 bits per heavy atom. The molecule has 0 aliphatic carbocycles. The minimum absolute atomic E-state index is 0.299. The van der Waals surface area contributed by atoms with E-state index < -0.39 is 0 Å². The van der Waals surface area contributed by atoms with Crippen LogP contribution >= 0.6 is 0 Å². The summed E-state index contributed by atoms with van der Waals surface area (Å²) in [5, 5.41) is 0. The van der Waals surface area contributed by atoms with Gasteiger partial charge in [-0.1, -0.05) is 42.5 Å². The maximum atomic E-state index is 6.02. The highest BCUT2D eigenvalue weighted by atomic mass is 16.7. The summed E-state index contributed by atoms with van der Waals surface area (Å²) < 4.78 is 0.299. The van der Waals surface area contributed by atoms with Crippen LogP contribution in [0.4, 0.5) is 11.4 Å². The van der Waals surface area contributed by atoms with E-state index in [1.54, 1.807) is 13.3 Å². The summed E-state index contributed by atoms with van der Waals surface area (Å²) in [6, 6.07) is 24.6. The SMILES string of the molecule is CO[N+](Cc1cccnc1)(c1ccccc1)c1ccccc1. The van der Waals surface area contributed by atoms with Crippen molar-refractivity contribution >= 4 is 11.4 Å². The number of para-hydroxylation sites is 2. The summed E-state index contributed by atoms with van der Waals surface area (Å²) in [4.78, 5) is 10.2. The molecule has 0 aliphatic heterocycles. The summed E-state index contributed by atoms with van der Waals surface area (Å²) in [7, 11) is 1.75. The fraction of sp³-hybridized carbons (Fsp3) is 0.105. The molecule has 2 aromatic carbocycles. The number of hydrogen-bond acceptors (Lipinski definition) is 2. The summed E-state index contributed by atoms with van der Waals surface area (Å²) in [6.45, 7) is 0.679. The molecule has 0 fully saturated rings. The van der Waals surface area contributed by atoms with Crippen LogP contribution in [-0.4, -0.2) is 12.1 Å². The van der Waals surface area contributed by atoms with Crippen LogP contribution in [0.3, 0.4) is 0 Å². The van der Waals surface area contributed by atoms with Gasteiger partial charge < -0.3 is 0 Å². The van der Waals surface area contributed by atoms with Gasteiger partial charge in [0.05, 0.1) is 7.11 Å². The Hall–Kier alpha value is -2.49. The zero-order valence-electron chi connectivity index (χ0n) is 12.6. The quantitative estimate of drug-likeness (QED) is 0.510. The van der Waals surface area contributed by atoms with Gasteiger partial charge in [-0.3, -0.25) is 4.98 Å². The number of nitrogens with zero attached hydrogens (tertiary/aromatic N) is 2. The smallest absolute Gasteiger partial charge is 0.170 e. The Kier molecular flexibility index (Phi) is 4.28. The van der Waals surface area contributed by atoms with Gasteiger partial charge >= 0.3 is 0 Å². The normalized spacial score (nSPS) is 11.3. The number of aromatic nitrogens is 1. The van der Waals surface area contributed by atoms with Gasteiger partial charge in [-0.05, 0) is 6.07 Å². The number of benzene rings is 2. The van der Waals surface area contributed by atoms with Gasteiger partial charge in [0.15, 0.2) is 11.4 Å². The first-order chi connectivity index (χ1) is 10.8. The van der Waals surface area contributed by atoms with Gasteiger partial charge in [-0.25, -0.2) is 0 Å². The number of quaternary nitrogens is 1. The molecule has 3 heteroatoms. The number of pyridine rings is 1. The summed E-state index contributed by atoms with van der Waals surface area (Å²) >= 11 is 0. The molecule has 22 heavy (non-hydrogen) atoms. The van der Waals surface area contributed by atoms with Gasteiger partial charge in [-0.2, -0.15) is 4.84 Å². The molecule has 0 amide bonds. The molecule has 0 radical (unpaired) electrons. The third-order valence-electron chi connectivity index (χ3n) is 3.79. The van der Waals surface area contributed by atoms with E-state index in [9.17, 15) is 0 Å². The molecule has 0 spiro atoms. The average molecular weight is 291 g/mol. The van der Waals surface area contributed by atoms with E-state index in [4.69, 9.17) is 4.84 Å². The summed E-state index contributed by atoms with van der Waals surface area (Å²) in [5.74, 6) is 0. The van der Waals surface area contributed by atoms with Crippen LogP contribution in [0.1, 0.15) is 5.56 Å². The molecule has 0 unspecified atom stereocenters. The van der Waals surface area contributed by atoms with Crippen molar-refractivity contribution in [3.63, 3.8) is 0 Å². The van der Waals surface area contributed by atoms with Crippen molar-refractivity contribution in [2.24, 2.45) is 0 Å². The molecular weight excluding hydrogens is 272 g/mol. The predicted molar refractivity (Wildman–Crippen MR) is 89.3 cm³/mol. The molecule has 110 valence electrons. The second-order valence-electron chi connectivity index (χ2n) is 5.11. The molecule has 1 heterocycles. The molecule has 0 saturated carbocycles. The molecule has 0 atom stereocenters. The first-order valence-electron chi connectivity index (χ1n) is 7.29. The van der Waals surface area contributed by atoms with Crippen molar-refractivity contribution in [1.29, 1.82) is 0 Å². The van der Waals surface area contributed by atoms with Crippen molar-refractivity contribution in [1.82, 2.24) is 9.63 Å². The third-order valence-corrected chi connectivity index (χ3v) is 3.79. The van der Waals surface area contributed by atoms with E-state index in [0.29, 0.717) is 11.2 Å². The first-order valence-corrected chi connectivity index (χ1v) is 7.29. The van der Waals surface area contributed by atoms with Crippen LogP contribution in [0.25, 0.3) is 0 Å². The molecular formula is C19H19N2O+. The average Bonchev–Trinajstić information content (AvgIpc) is 2.62. The van der Waals surface area contributed by atoms with Gasteiger partial charge in [-0.15, -0.1) is 4.65 Å². The molecule has 3 nitrogen and oxygen atoms in total. The monoisotopic (exact) mass is 291 g/mol. The second-order valence-corrected chi connectivity index (χ2v) is 5.11. The highest BCUT2D eigenvalue weighted by Gasteiger charge is 2.35. The Morgan fingerprint density at radius 1 is 0.818 bits per heavy atom. The lowest BCUT2D eigenvalue weighted by atomic mass is 10.2. The Morgan fingerprint density at radius 2 is 1.41 bits per heavy atom. The van der Waals surface area contributed by atoms with E-state index in [0.717, 1.165) is 16.9 Å². The lowest BCUT2D eigenvalue weighted by Crippen LogP contribution is -2.42. The first kappa shape index (κ1) is 14.4. The molecule has 0 saturated heterocycles. The van der Waals surface area contributed by atoms with Crippen molar-refractivity contribution < 1.29 is 4.84 Å². The molecule has 3 aromatic rings. The minimum atomic E-state index is 0.299. The maximum absolute atomic E-state index is 6.02. The second kappa shape index (κ2) is 6.52. The van der Waals surface area contributed by atoms with E-state index in [-0.39, 0.29) is 0 Å². The summed E-state index contributed by atoms with van der Waals surface area (Å²) in [5.41, 5.74) is 3.29. The van der Waals surface area contributed by atoms with Gasteiger partial charge in [0.2, 0.25) is 0 Å². The minimum Gasteiger partial charge on any atom is -0.264 e. The van der Waals surface area contributed by atoms with E-state index in [1.807, 2.05) is 48.7 Å². The lowest BCUT2D eigenvalue weighted by Gasteiger charge is -2.33. The fourth-order valence-electron chi connectivity index (χ4n) is 2.69. The maximum Gasteiger partial charge on any atom is 0.170 e. The highest BCUT2D eigenvalue weighted by molar-refractivity contribution is 5.56. The highest BCUT2D eigenvalue weighted by Crippen LogP contribution is 2.36. The zero-order chi connectivity index (χ0) is 15.3. The van der Waals surface area contributed by atoms with E-state index in [1.165, 1.54) is 0 Å². The number of hydrogen-bond donors (Lipinski definition) is 0. The van der Waals surface area contributed by atoms with Crippen LogP contribution in [0.15, 0.2) is 85.2 Å². The third kappa shape index (κ3) is 2.77. The number of rotatable bonds is 5. The molecule has 0 N–H and O–H groups in total. The predicted octanol–water partition coefficient (Wildman–Crippen LogP) is 4.48. The number of hydroxylamine groups is 1. The van der Waals surface area contributed by atoms with E-state index in [2.05, 4.69) is 35.3 Å².